The van der Waals surface area contributed by atoms with Gasteiger partial charge in [0.2, 0.25) is 5.91 Å². The van der Waals surface area contributed by atoms with Gasteiger partial charge in [0, 0.05) is 27.6 Å². The molecule has 1 amide bonds. The number of thioether (sulfide) groups is 1. The third-order valence-corrected chi connectivity index (χ3v) is 3.76. The molecule has 0 heterocycles. The minimum atomic E-state index is -0.957. The summed E-state index contributed by atoms with van der Waals surface area (Å²) in [5.41, 5.74) is 0.262. The van der Waals surface area contributed by atoms with Crippen molar-refractivity contribution in [2.75, 3.05) is 5.75 Å². The zero-order valence-electron chi connectivity index (χ0n) is 10.8. The van der Waals surface area contributed by atoms with Gasteiger partial charge in [-0.2, -0.15) is 0 Å². The second-order valence-electron chi connectivity index (χ2n) is 4.27. The highest BCUT2D eigenvalue weighted by atomic mass is 79.9. The molecule has 0 saturated carbocycles. The number of rotatable bonds is 6. The molecule has 0 saturated heterocycles. The van der Waals surface area contributed by atoms with Gasteiger partial charge in [-0.3, -0.25) is 4.79 Å². The van der Waals surface area contributed by atoms with Gasteiger partial charge < -0.3 is 10.4 Å². The molecular weight excluding hydrogens is 330 g/mol. The van der Waals surface area contributed by atoms with Crippen LogP contribution < -0.4 is 5.32 Å². The quantitative estimate of drug-likeness (QED) is 0.777. The van der Waals surface area contributed by atoms with Crippen LogP contribution in [0.3, 0.4) is 0 Å². The molecule has 19 heavy (non-hydrogen) atoms. The van der Waals surface area contributed by atoms with E-state index in [0.29, 0.717) is 17.1 Å². The first-order valence-corrected chi connectivity index (χ1v) is 7.63. The summed E-state index contributed by atoms with van der Waals surface area (Å²) in [6.07, 6.45) is 0.369. The van der Waals surface area contributed by atoms with E-state index in [-0.39, 0.29) is 17.5 Å². The number of carbonyl (C=O) groups is 2. The van der Waals surface area contributed by atoms with Gasteiger partial charge in [-0.25, -0.2) is 4.79 Å². The van der Waals surface area contributed by atoms with Crippen molar-refractivity contribution in [1.29, 1.82) is 0 Å². The van der Waals surface area contributed by atoms with Crippen molar-refractivity contribution in [1.82, 2.24) is 5.32 Å². The predicted octanol–water partition coefficient (Wildman–Crippen LogP) is 3.15. The van der Waals surface area contributed by atoms with Crippen molar-refractivity contribution in [2.24, 2.45) is 0 Å². The number of carboxylic acids is 1. The van der Waals surface area contributed by atoms with Crippen molar-refractivity contribution in [3.8, 4) is 0 Å². The van der Waals surface area contributed by atoms with Gasteiger partial charge in [-0.05, 0) is 32.0 Å². The highest BCUT2D eigenvalue weighted by Crippen LogP contribution is 2.27. The van der Waals surface area contributed by atoms with Crippen molar-refractivity contribution in [3.63, 3.8) is 0 Å². The molecule has 0 fully saturated rings. The highest BCUT2D eigenvalue weighted by Gasteiger charge is 2.11. The Balaban J connectivity index is 2.60. The molecule has 0 atom stereocenters. The van der Waals surface area contributed by atoms with Crippen molar-refractivity contribution < 1.29 is 14.7 Å². The molecule has 6 heteroatoms. The Morgan fingerprint density at radius 2 is 2.11 bits per heavy atom. The summed E-state index contributed by atoms with van der Waals surface area (Å²) >= 11 is 4.69. The van der Waals surface area contributed by atoms with E-state index in [1.54, 1.807) is 18.2 Å². The lowest BCUT2D eigenvalue weighted by Crippen LogP contribution is -2.30. The van der Waals surface area contributed by atoms with E-state index in [1.807, 2.05) is 13.8 Å². The van der Waals surface area contributed by atoms with Crippen LogP contribution in [0.15, 0.2) is 27.6 Å². The van der Waals surface area contributed by atoms with Crippen molar-refractivity contribution >= 4 is 39.6 Å². The summed E-state index contributed by atoms with van der Waals surface area (Å²) in [5.74, 6) is -0.425. The highest BCUT2D eigenvalue weighted by molar-refractivity contribution is 9.10. The average Bonchev–Trinajstić information content (AvgIpc) is 2.27. The van der Waals surface area contributed by atoms with Crippen LogP contribution in [0.5, 0.6) is 0 Å². The van der Waals surface area contributed by atoms with Crippen LogP contribution in [0.2, 0.25) is 0 Å². The van der Waals surface area contributed by atoms with Crippen LogP contribution in [-0.4, -0.2) is 28.8 Å². The summed E-state index contributed by atoms with van der Waals surface area (Å²) in [6.45, 7) is 3.81. The first-order valence-electron chi connectivity index (χ1n) is 5.85. The van der Waals surface area contributed by atoms with E-state index in [9.17, 15) is 9.59 Å². The van der Waals surface area contributed by atoms with E-state index < -0.39 is 5.97 Å². The monoisotopic (exact) mass is 345 g/mol. The van der Waals surface area contributed by atoms with Gasteiger partial charge >= 0.3 is 5.97 Å². The third kappa shape index (κ3) is 5.65. The van der Waals surface area contributed by atoms with E-state index in [0.717, 1.165) is 4.47 Å². The van der Waals surface area contributed by atoms with E-state index in [2.05, 4.69) is 21.2 Å². The van der Waals surface area contributed by atoms with Crippen molar-refractivity contribution in [3.05, 3.63) is 28.2 Å². The fourth-order valence-corrected chi connectivity index (χ4v) is 2.98. The molecule has 104 valence electrons. The molecule has 1 rings (SSSR count). The lowest BCUT2D eigenvalue weighted by Gasteiger charge is -2.09. The summed E-state index contributed by atoms with van der Waals surface area (Å²) < 4.78 is 0.826. The topological polar surface area (TPSA) is 66.4 Å². The molecule has 0 radical (unpaired) electrons. The number of amides is 1. The fraction of sp³-hybridized carbons (Fsp3) is 0.385. The van der Waals surface area contributed by atoms with Gasteiger partial charge in [0.25, 0.3) is 0 Å². The smallest absolute Gasteiger partial charge is 0.336 e. The first-order chi connectivity index (χ1) is 8.90. The van der Waals surface area contributed by atoms with Crippen LogP contribution >= 0.6 is 27.7 Å². The van der Waals surface area contributed by atoms with Gasteiger partial charge in [0.15, 0.2) is 0 Å². The minimum Gasteiger partial charge on any atom is -0.478 e. The summed E-state index contributed by atoms with van der Waals surface area (Å²) in [4.78, 5) is 23.2. The molecule has 1 aromatic rings. The molecule has 0 aliphatic rings. The van der Waals surface area contributed by atoms with Crippen LogP contribution in [0.1, 0.15) is 30.6 Å². The second-order valence-corrected chi connectivity index (χ2v) is 6.32. The Kier molecular flexibility index (Phi) is 6.37. The van der Waals surface area contributed by atoms with Crippen LogP contribution in [0, 0.1) is 0 Å². The van der Waals surface area contributed by atoms with Gasteiger partial charge in [-0.1, -0.05) is 15.9 Å². The standard InChI is InChI=1S/C13H16BrNO3S/c1-8(2)15-12(16)5-6-19-11-7-9(14)3-4-10(11)13(17)18/h3-4,7-8H,5-6H2,1-2H3,(H,15,16)(H,17,18). The van der Waals surface area contributed by atoms with Gasteiger partial charge in [-0.15, -0.1) is 11.8 Å². The molecule has 0 aromatic heterocycles. The van der Waals surface area contributed by atoms with E-state index in [1.165, 1.54) is 11.8 Å². The molecule has 0 bridgehead atoms. The van der Waals surface area contributed by atoms with Crippen LogP contribution in [0.25, 0.3) is 0 Å². The van der Waals surface area contributed by atoms with Gasteiger partial charge in [0.05, 0.1) is 5.56 Å². The maximum Gasteiger partial charge on any atom is 0.336 e. The van der Waals surface area contributed by atoms with Gasteiger partial charge in [0.1, 0.15) is 0 Å². The molecule has 0 aliphatic heterocycles. The van der Waals surface area contributed by atoms with E-state index >= 15 is 0 Å². The molecule has 0 unspecified atom stereocenters. The van der Waals surface area contributed by atoms with E-state index in [4.69, 9.17) is 5.11 Å². The minimum absolute atomic E-state index is 0.0191. The van der Waals surface area contributed by atoms with Crippen LogP contribution in [-0.2, 0) is 4.79 Å². The number of nitrogens with one attached hydrogen (secondary N) is 1. The Hall–Kier alpha value is -1.01. The SMILES string of the molecule is CC(C)NC(=O)CCSc1cc(Br)ccc1C(=O)O. The van der Waals surface area contributed by atoms with Crippen molar-refractivity contribution in [2.45, 2.75) is 31.2 Å². The number of carbonyl (C=O) groups excluding carboxylic acids is 1. The number of aromatic carboxylic acids is 1. The summed E-state index contributed by atoms with van der Waals surface area (Å²) in [6, 6.07) is 5.13. The second kappa shape index (κ2) is 7.55. The number of benzene rings is 1. The summed E-state index contributed by atoms with van der Waals surface area (Å²) in [7, 11) is 0. The molecule has 0 aliphatic carbocycles. The fourth-order valence-electron chi connectivity index (χ4n) is 1.44. The molecule has 4 nitrogen and oxygen atoms in total. The number of hydrogen-bond donors (Lipinski definition) is 2. The van der Waals surface area contributed by atoms with Crippen LogP contribution in [0.4, 0.5) is 0 Å². The number of hydrogen-bond acceptors (Lipinski definition) is 3. The first kappa shape index (κ1) is 16.0. The maximum absolute atomic E-state index is 11.5. The third-order valence-electron chi connectivity index (χ3n) is 2.21. The average molecular weight is 346 g/mol. The number of halogens is 1. The Bertz CT molecular complexity index is 477. The Morgan fingerprint density at radius 3 is 2.68 bits per heavy atom. The summed E-state index contributed by atoms with van der Waals surface area (Å²) in [5, 5.41) is 11.9. The number of carboxylic acid groups (broad SMARTS) is 1. The molecule has 2 N–H and O–H groups in total. The zero-order chi connectivity index (χ0) is 14.4. The normalized spacial score (nSPS) is 10.5. The molecule has 1 aromatic carbocycles. The molecular formula is C13H16BrNO3S. The molecule has 0 spiro atoms. The lowest BCUT2D eigenvalue weighted by atomic mass is 10.2. The Morgan fingerprint density at radius 1 is 1.42 bits per heavy atom. The lowest BCUT2D eigenvalue weighted by molar-refractivity contribution is -0.121. The maximum atomic E-state index is 11.5. The zero-order valence-corrected chi connectivity index (χ0v) is 13.2. The largest absolute Gasteiger partial charge is 0.478 e. The predicted molar refractivity (Wildman–Crippen MR) is 79.7 cm³/mol. The Labute approximate surface area is 125 Å².